The smallest absolute Gasteiger partial charge is 0.407 e. The number of pyridine rings is 1. The second-order valence-electron chi connectivity index (χ2n) is 18.9. The predicted molar refractivity (Wildman–Crippen MR) is 247 cm³/mol. The standard InChI is InChI=1S/C48H70N8O9/c1-29(2)37(49)41(57)52-38(30(3)4)44(60)65-36(35(26-31-18-14-13-15-19-31)51-42(58)39(47(5,6)7)53-45(61)63-11)28-56(55-43(59)40(48(8,9)10)54-46(62)64-12)27-32-21-23-33(24-22-32)34-20-16-17-25-50-34/h13-25,29-30,35-40H,26-28,49H2,1-12H3,(H,51,58)(H,52,57)(H,53,61)(H,54,62)(H,55,59)/t35-,36-,37-,38-,39+,40+/m0/s1. The summed E-state index contributed by atoms with van der Waals surface area (Å²) in [5.74, 6) is -3.25. The van der Waals surface area contributed by atoms with Crippen LogP contribution in [-0.4, -0.2) is 103 Å². The fourth-order valence-corrected chi connectivity index (χ4v) is 6.76. The van der Waals surface area contributed by atoms with E-state index in [2.05, 4.69) is 31.7 Å². The van der Waals surface area contributed by atoms with E-state index in [1.165, 1.54) is 14.2 Å². The van der Waals surface area contributed by atoms with E-state index in [0.717, 1.165) is 22.4 Å². The number of carbonyl (C=O) groups is 6. The van der Waals surface area contributed by atoms with Gasteiger partial charge in [0.05, 0.1) is 38.5 Å². The van der Waals surface area contributed by atoms with Crippen LogP contribution in [0.3, 0.4) is 0 Å². The first kappa shape index (κ1) is 53.3. The second kappa shape index (κ2) is 24.3. The number of methoxy groups -OCH3 is 2. The van der Waals surface area contributed by atoms with E-state index in [-0.39, 0.29) is 25.4 Å². The topological polar surface area (TPSA) is 232 Å². The average Bonchev–Trinajstić information content (AvgIpc) is 3.25. The number of nitrogens with zero attached hydrogens (tertiary/aromatic N) is 2. The van der Waals surface area contributed by atoms with Crippen molar-refractivity contribution >= 4 is 35.9 Å². The number of hydrogen-bond donors (Lipinski definition) is 6. The van der Waals surface area contributed by atoms with Crippen LogP contribution < -0.4 is 32.4 Å². The molecule has 17 heteroatoms. The number of esters is 1. The molecule has 0 radical (unpaired) electrons. The minimum Gasteiger partial charge on any atom is -0.457 e. The van der Waals surface area contributed by atoms with E-state index in [1.807, 2.05) is 72.8 Å². The molecule has 5 amide bonds. The van der Waals surface area contributed by atoms with Crippen LogP contribution in [0.15, 0.2) is 79.0 Å². The fourth-order valence-electron chi connectivity index (χ4n) is 6.76. The Morgan fingerprint density at radius 1 is 0.662 bits per heavy atom. The second-order valence-corrected chi connectivity index (χ2v) is 18.9. The zero-order chi connectivity index (χ0) is 48.6. The maximum absolute atomic E-state index is 14.5. The Balaban J connectivity index is 2.25. The molecule has 0 saturated carbocycles. The third-order valence-electron chi connectivity index (χ3n) is 10.7. The third-order valence-corrected chi connectivity index (χ3v) is 10.7. The summed E-state index contributed by atoms with van der Waals surface area (Å²) in [5, 5.41) is 12.6. The molecule has 0 saturated heterocycles. The molecule has 65 heavy (non-hydrogen) atoms. The molecule has 1 heterocycles. The molecule has 1 aromatic heterocycles. The van der Waals surface area contributed by atoms with Crippen molar-refractivity contribution in [3.63, 3.8) is 0 Å². The van der Waals surface area contributed by atoms with Gasteiger partial charge in [0.15, 0.2) is 0 Å². The van der Waals surface area contributed by atoms with Crippen molar-refractivity contribution in [3.8, 4) is 11.3 Å². The van der Waals surface area contributed by atoms with Gasteiger partial charge in [-0.2, -0.15) is 0 Å². The molecule has 0 aliphatic heterocycles. The Hall–Kier alpha value is -6.07. The van der Waals surface area contributed by atoms with E-state index in [4.69, 9.17) is 19.9 Å². The molecule has 17 nitrogen and oxygen atoms in total. The average molecular weight is 903 g/mol. The van der Waals surface area contributed by atoms with Crippen molar-refractivity contribution in [1.82, 2.24) is 36.7 Å². The summed E-state index contributed by atoms with van der Waals surface area (Å²) in [6.45, 7) is 17.6. The molecular weight excluding hydrogens is 833 g/mol. The lowest BCUT2D eigenvalue weighted by Gasteiger charge is -2.37. The van der Waals surface area contributed by atoms with Gasteiger partial charge in [0.1, 0.15) is 24.2 Å². The summed E-state index contributed by atoms with van der Waals surface area (Å²) in [5.41, 5.74) is 10.6. The number of hydrogen-bond acceptors (Lipinski definition) is 12. The van der Waals surface area contributed by atoms with E-state index >= 15 is 0 Å². The van der Waals surface area contributed by atoms with Crippen LogP contribution in [0.2, 0.25) is 0 Å². The number of alkyl carbamates (subject to hydrolysis) is 2. The third kappa shape index (κ3) is 16.8. The van der Waals surface area contributed by atoms with Gasteiger partial charge in [0.25, 0.3) is 5.91 Å². The number of benzene rings is 2. The summed E-state index contributed by atoms with van der Waals surface area (Å²) in [6, 6.07) is 17.0. The molecule has 3 rings (SSSR count). The number of aromatic nitrogens is 1. The minimum atomic E-state index is -1.25. The van der Waals surface area contributed by atoms with Gasteiger partial charge in [-0.1, -0.05) is 130 Å². The van der Waals surface area contributed by atoms with Crippen LogP contribution >= 0.6 is 0 Å². The molecule has 7 N–H and O–H groups in total. The maximum atomic E-state index is 14.5. The Morgan fingerprint density at radius 3 is 1.71 bits per heavy atom. The highest BCUT2D eigenvalue weighted by Gasteiger charge is 2.40. The van der Waals surface area contributed by atoms with Crippen molar-refractivity contribution in [2.24, 2.45) is 28.4 Å². The van der Waals surface area contributed by atoms with Gasteiger partial charge in [-0.15, -0.1) is 0 Å². The zero-order valence-electron chi connectivity index (χ0n) is 39.9. The lowest BCUT2D eigenvalue weighted by atomic mass is 9.85. The summed E-state index contributed by atoms with van der Waals surface area (Å²) < 4.78 is 16.2. The monoisotopic (exact) mass is 903 g/mol. The first-order valence-electron chi connectivity index (χ1n) is 21.8. The molecule has 0 spiro atoms. The van der Waals surface area contributed by atoms with Gasteiger partial charge in [-0.25, -0.2) is 19.4 Å². The quantitative estimate of drug-likeness (QED) is 0.0506. The highest BCUT2D eigenvalue weighted by molar-refractivity contribution is 5.89. The number of rotatable bonds is 20. The summed E-state index contributed by atoms with van der Waals surface area (Å²) >= 11 is 0. The van der Waals surface area contributed by atoms with Crippen LogP contribution in [0.5, 0.6) is 0 Å². The number of nitrogens with one attached hydrogen (secondary N) is 5. The summed E-state index contributed by atoms with van der Waals surface area (Å²) in [7, 11) is 2.39. The molecule has 0 unspecified atom stereocenters. The number of amides is 5. The summed E-state index contributed by atoms with van der Waals surface area (Å²) in [6.07, 6.45) is -1.08. The molecule has 6 atom stereocenters. The number of ether oxygens (including phenoxy) is 3. The van der Waals surface area contributed by atoms with Gasteiger partial charge >= 0.3 is 18.2 Å². The molecule has 356 valence electrons. The Labute approximate surface area is 383 Å². The highest BCUT2D eigenvalue weighted by atomic mass is 16.6. The molecule has 3 aromatic rings. The number of nitrogens with two attached hydrogens (primary N) is 1. The van der Waals surface area contributed by atoms with Crippen LogP contribution in [0.4, 0.5) is 9.59 Å². The zero-order valence-corrected chi connectivity index (χ0v) is 39.9. The largest absolute Gasteiger partial charge is 0.457 e. The van der Waals surface area contributed by atoms with Gasteiger partial charge < -0.3 is 41.2 Å². The Morgan fingerprint density at radius 2 is 1.22 bits per heavy atom. The van der Waals surface area contributed by atoms with E-state index in [1.54, 1.807) is 80.4 Å². The van der Waals surface area contributed by atoms with Gasteiger partial charge in [0, 0.05) is 18.3 Å². The molecule has 0 bridgehead atoms. The minimum absolute atomic E-state index is 0.0471. The van der Waals surface area contributed by atoms with Gasteiger partial charge in [0.2, 0.25) is 11.8 Å². The van der Waals surface area contributed by atoms with E-state index in [9.17, 15) is 28.8 Å². The van der Waals surface area contributed by atoms with Crippen molar-refractivity contribution < 1.29 is 43.0 Å². The molecular formula is C48H70N8O9. The first-order chi connectivity index (χ1) is 30.4. The molecule has 0 aliphatic carbocycles. The normalized spacial score (nSPS) is 14.5. The van der Waals surface area contributed by atoms with Crippen LogP contribution in [-0.2, 0) is 46.4 Å². The SMILES string of the molecule is COC(=O)N[C@H](C(=O)N[C@@H](Cc1ccccc1)[C@H](CN(Cc1ccc(-c2ccccn2)cc1)NC(=O)[C@@H](NC(=O)OC)C(C)(C)C)OC(=O)[C@@H](NC(=O)[C@@H](N)C(C)C)C(C)C)C(C)(C)C. The molecule has 2 aromatic carbocycles. The van der Waals surface area contributed by atoms with Crippen LogP contribution in [0.25, 0.3) is 11.3 Å². The van der Waals surface area contributed by atoms with Crippen molar-refractivity contribution in [2.75, 3.05) is 20.8 Å². The van der Waals surface area contributed by atoms with Crippen molar-refractivity contribution in [1.29, 1.82) is 0 Å². The van der Waals surface area contributed by atoms with Gasteiger partial charge in [-0.05, 0) is 52.3 Å². The fraction of sp³-hybridized carbons (Fsp3) is 0.521. The van der Waals surface area contributed by atoms with E-state index in [0.29, 0.717) is 0 Å². The Bertz CT molecular complexity index is 2020. The summed E-state index contributed by atoms with van der Waals surface area (Å²) in [4.78, 5) is 86.2. The van der Waals surface area contributed by atoms with Crippen LogP contribution in [0.1, 0.15) is 80.4 Å². The van der Waals surface area contributed by atoms with Crippen LogP contribution in [0, 0.1) is 22.7 Å². The molecule has 0 aliphatic rings. The predicted octanol–water partition coefficient (Wildman–Crippen LogP) is 4.89. The highest BCUT2D eigenvalue weighted by Crippen LogP contribution is 2.24. The lowest BCUT2D eigenvalue weighted by molar-refractivity contribution is -0.159. The van der Waals surface area contributed by atoms with Crippen molar-refractivity contribution in [3.05, 3.63) is 90.1 Å². The van der Waals surface area contributed by atoms with Crippen molar-refractivity contribution in [2.45, 2.75) is 119 Å². The Kier molecular flexibility index (Phi) is 19.9. The lowest BCUT2D eigenvalue weighted by Crippen LogP contribution is -2.62. The molecule has 0 fully saturated rings. The number of hydrazine groups is 1. The van der Waals surface area contributed by atoms with Gasteiger partial charge in [-0.3, -0.25) is 24.8 Å². The first-order valence-corrected chi connectivity index (χ1v) is 21.8. The van der Waals surface area contributed by atoms with E-state index < -0.39 is 88.9 Å². The number of carbonyl (C=O) groups excluding carboxylic acids is 6. The maximum Gasteiger partial charge on any atom is 0.407 e.